The molecular weight excluding hydrogens is 521 g/mol. The molecule has 0 spiro atoms. The molecule has 9 nitrogen and oxygen atoms in total. The van der Waals surface area contributed by atoms with E-state index in [-0.39, 0.29) is 17.5 Å². The van der Waals surface area contributed by atoms with Gasteiger partial charge in [-0.2, -0.15) is 0 Å². The Morgan fingerprint density at radius 1 is 1.10 bits per heavy atom. The van der Waals surface area contributed by atoms with E-state index in [9.17, 15) is 4.79 Å². The molecule has 1 aliphatic rings. The van der Waals surface area contributed by atoms with Crippen LogP contribution in [0.15, 0.2) is 67.8 Å². The molecular formula is C31H30FN7O2. The normalized spacial score (nSPS) is 15.6. The minimum atomic E-state index is -0.444. The van der Waals surface area contributed by atoms with E-state index in [1.54, 1.807) is 25.4 Å². The third-order valence-corrected chi connectivity index (χ3v) is 7.65. The van der Waals surface area contributed by atoms with E-state index in [4.69, 9.17) is 9.72 Å². The van der Waals surface area contributed by atoms with Gasteiger partial charge in [-0.15, -0.1) is 0 Å². The molecule has 1 aliphatic heterocycles. The highest BCUT2D eigenvalue weighted by Crippen LogP contribution is 2.34. The van der Waals surface area contributed by atoms with Gasteiger partial charge in [-0.3, -0.25) is 4.79 Å². The molecule has 1 amide bonds. The predicted molar refractivity (Wildman–Crippen MR) is 156 cm³/mol. The molecule has 4 heterocycles. The molecule has 0 aliphatic carbocycles. The van der Waals surface area contributed by atoms with Crippen molar-refractivity contribution in [2.24, 2.45) is 7.05 Å². The Labute approximate surface area is 236 Å². The number of halogens is 1. The zero-order valence-electron chi connectivity index (χ0n) is 23.0. The summed E-state index contributed by atoms with van der Waals surface area (Å²) < 4.78 is 23.5. The number of nitrogens with zero attached hydrogens (tertiary/aromatic N) is 6. The van der Waals surface area contributed by atoms with Crippen molar-refractivity contribution in [2.45, 2.75) is 32.1 Å². The van der Waals surface area contributed by atoms with E-state index in [2.05, 4.69) is 26.8 Å². The van der Waals surface area contributed by atoms with E-state index < -0.39 is 5.82 Å². The third kappa shape index (κ3) is 5.20. The second-order valence-corrected chi connectivity index (χ2v) is 10.3. The SMILES string of the molecule is C=CC(=O)N1CCCC(c2ccc3ncnc(Nc4ccc(Oc5ccc6c(c5)ncn6C)c(C)c4F)c3n2)CC1. The first kappa shape index (κ1) is 26.4. The molecule has 1 unspecified atom stereocenters. The molecule has 1 atom stereocenters. The topological polar surface area (TPSA) is 98.1 Å². The van der Waals surface area contributed by atoms with Crippen molar-refractivity contribution in [3.05, 3.63) is 84.8 Å². The molecule has 41 heavy (non-hydrogen) atoms. The number of benzene rings is 2. The van der Waals surface area contributed by atoms with Gasteiger partial charge < -0.3 is 19.5 Å². The maximum Gasteiger partial charge on any atom is 0.245 e. The van der Waals surface area contributed by atoms with Gasteiger partial charge in [0.05, 0.1) is 28.6 Å². The number of amides is 1. The largest absolute Gasteiger partial charge is 0.457 e. The van der Waals surface area contributed by atoms with Crippen molar-refractivity contribution in [3.63, 3.8) is 0 Å². The Morgan fingerprint density at radius 2 is 1.98 bits per heavy atom. The number of aromatic nitrogens is 5. The van der Waals surface area contributed by atoms with Gasteiger partial charge in [0.25, 0.3) is 0 Å². The van der Waals surface area contributed by atoms with Gasteiger partial charge in [0.15, 0.2) is 11.6 Å². The van der Waals surface area contributed by atoms with Crippen molar-refractivity contribution in [1.82, 2.24) is 29.4 Å². The fraction of sp³-hybridized carbons (Fsp3) is 0.258. The van der Waals surface area contributed by atoms with Crippen LogP contribution >= 0.6 is 0 Å². The third-order valence-electron chi connectivity index (χ3n) is 7.65. The van der Waals surface area contributed by atoms with E-state index in [0.29, 0.717) is 47.0 Å². The molecule has 5 aromatic rings. The molecule has 6 rings (SSSR count). The zero-order valence-corrected chi connectivity index (χ0v) is 23.0. The average Bonchev–Trinajstić information content (AvgIpc) is 3.19. The summed E-state index contributed by atoms with van der Waals surface area (Å²) >= 11 is 0. The number of anilines is 2. The molecule has 0 saturated carbocycles. The van der Waals surface area contributed by atoms with Crippen molar-refractivity contribution in [1.29, 1.82) is 0 Å². The Hall–Kier alpha value is -4.86. The molecule has 1 N–H and O–H groups in total. The maximum absolute atomic E-state index is 15.6. The summed E-state index contributed by atoms with van der Waals surface area (Å²) in [6.07, 6.45) is 7.15. The fourth-order valence-corrected chi connectivity index (χ4v) is 5.32. The van der Waals surface area contributed by atoms with Crippen molar-refractivity contribution >= 4 is 39.5 Å². The minimum Gasteiger partial charge on any atom is -0.457 e. The van der Waals surface area contributed by atoms with Gasteiger partial charge in [-0.05, 0) is 68.7 Å². The summed E-state index contributed by atoms with van der Waals surface area (Å²) in [5.41, 5.74) is 4.54. The van der Waals surface area contributed by atoms with Crippen LogP contribution in [0.5, 0.6) is 11.5 Å². The van der Waals surface area contributed by atoms with Crippen LogP contribution in [0.1, 0.15) is 36.4 Å². The highest BCUT2D eigenvalue weighted by Gasteiger charge is 2.22. The highest BCUT2D eigenvalue weighted by molar-refractivity contribution is 5.88. The van der Waals surface area contributed by atoms with E-state index in [1.165, 1.54) is 12.4 Å². The predicted octanol–water partition coefficient (Wildman–Crippen LogP) is 6.18. The van der Waals surface area contributed by atoms with Gasteiger partial charge in [-0.1, -0.05) is 6.58 Å². The second kappa shape index (κ2) is 11.0. The number of carbonyl (C=O) groups is 1. The van der Waals surface area contributed by atoms with Crippen LogP contribution in [0.25, 0.3) is 22.1 Å². The number of carbonyl (C=O) groups excluding carboxylic acids is 1. The number of ether oxygens (including phenoxy) is 1. The Morgan fingerprint density at radius 3 is 2.83 bits per heavy atom. The Balaban J connectivity index is 1.24. The summed E-state index contributed by atoms with van der Waals surface area (Å²) in [5.74, 6) is 1.11. The lowest BCUT2D eigenvalue weighted by Crippen LogP contribution is -2.30. The standard InChI is InChI=1S/C31H30FN7O2/c1-4-28(40)39-14-5-6-20(13-15-39)22-8-9-24-30(36-22)31(34-17-33-24)37-23-10-12-27(19(2)29(23)32)41-21-7-11-26-25(16-21)35-18-38(26)3/h4,7-12,16-18,20H,1,5-6,13-15H2,2-3H3,(H,33,34,37). The van der Waals surface area contributed by atoms with Crippen LogP contribution in [-0.2, 0) is 11.8 Å². The first-order valence-electron chi connectivity index (χ1n) is 13.6. The number of likely N-dealkylation sites (tertiary alicyclic amines) is 1. The quantitative estimate of drug-likeness (QED) is 0.252. The van der Waals surface area contributed by atoms with Gasteiger partial charge in [0, 0.05) is 43.4 Å². The van der Waals surface area contributed by atoms with Crippen molar-refractivity contribution in [2.75, 3.05) is 18.4 Å². The zero-order chi connectivity index (χ0) is 28.5. The molecule has 2 aromatic carbocycles. The lowest BCUT2D eigenvalue weighted by molar-refractivity contribution is -0.125. The fourth-order valence-electron chi connectivity index (χ4n) is 5.32. The number of rotatable bonds is 6. The number of aryl methyl sites for hydroxylation is 1. The molecule has 208 valence electrons. The average molecular weight is 552 g/mol. The first-order valence-corrected chi connectivity index (χ1v) is 13.6. The highest BCUT2D eigenvalue weighted by atomic mass is 19.1. The first-order chi connectivity index (χ1) is 19.9. The smallest absolute Gasteiger partial charge is 0.245 e. The number of fused-ring (bicyclic) bond motifs is 2. The summed E-state index contributed by atoms with van der Waals surface area (Å²) in [6, 6.07) is 12.9. The number of nitrogens with one attached hydrogen (secondary N) is 1. The van der Waals surface area contributed by atoms with E-state index >= 15 is 4.39 Å². The number of pyridine rings is 1. The molecule has 3 aromatic heterocycles. The van der Waals surface area contributed by atoms with Gasteiger partial charge in [0.2, 0.25) is 5.91 Å². The molecule has 0 radical (unpaired) electrons. The van der Waals surface area contributed by atoms with Crippen LogP contribution in [0.2, 0.25) is 0 Å². The number of hydrogen-bond donors (Lipinski definition) is 1. The Bertz CT molecular complexity index is 1780. The van der Waals surface area contributed by atoms with Gasteiger partial charge >= 0.3 is 0 Å². The molecule has 0 bridgehead atoms. The van der Waals surface area contributed by atoms with Crippen LogP contribution < -0.4 is 10.1 Å². The summed E-state index contributed by atoms with van der Waals surface area (Å²) in [7, 11) is 1.93. The number of hydrogen-bond acceptors (Lipinski definition) is 7. The summed E-state index contributed by atoms with van der Waals surface area (Å²) in [6.45, 7) is 6.65. The monoisotopic (exact) mass is 551 g/mol. The lowest BCUT2D eigenvalue weighted by Gasteiger charge is -2.18. The number of imidazole rings is 1. The summed E-state index contributed by atoms with van der Waals surface area (Å²) in [5, 5.41) is 3.13. The Kier molecular flexibility index (Phi) is 7.05. The molecule has 1 fully saturated rings. The maximum atomic E-state index is 15.6. The minimum absolute atomic E-state index is 0.0417. The van der Waals surface area contributed by atoms with Crippen molar-refractivity contribution in [3.8, 4) is 11.5 Å². The van der Waals surface area contributed by atoms with Crippen molar-refractivity contribution < 1.29 is 13.9 Å². The van der Waals surface area contributed by atoms with E-state index in [1.807, 2.05) is 46.8 Å². The van der Waals surface area contributed by atoms with Gasteiger partial charge in [0.1, 0.15) is 23.3 Å². The van der Waals surface area contributed by atoms with E-state index in [0.717, 1.165) is 36.0 Å². The van der Waals surface area contributed by atoms with Crippen LogP contribution in [-0.4, -0.2) is 48.4 Å². The second-order valence-electron chi connectivity index (χ2n) is 10.3. The van der Waals surface area contributed by atoms with Crippen LogP contribution in [0.4, 0.5) is 15.9 Å². The molecule has 1 saturated heterocycles. The molecule has 10 heteroatoms. The lowest BCUT2D eigenvalue weighted by atomic mass is 9.96. The van der Waals surface area contributed by atoms with Crippen LogP contribution in [0.3, 0.4) is 0 Å². The van der Waals surface area contributed by atoms with Crippen LogP contribution in [0, 0.1) is 12.7 Å². The summed E-state index contributed by atoms with van der Waals surface area (Å²) in [4.78, 5) is 32.0. The van der Waals surface area contributed by atoms with Gasteiger partial charge in [-0.25, -0.2) is 24.3 Å².